The van der Waals surface area contributed by atoms with Crippen LogP contribution in [-0.4, -0.2) is 21.9 Å². The Balaban J connectivity index is 1.94. The molecule has 3 rings (SSSR count). The van der Waals surface area contributed by atoms with Crippen LogP contribution < -0.4 is 14.8 Å². The standard InChI is InChI=1S/C21H15BrF3N3O8/c1-11(20(29)26-10-13-3-2-8-34-13)35-19-15(27(30)31)5-7-17(18(19)28(32)33)36-16-6-4-12(9-14(16)22)21(23,24)25/h2-9,11H,10H2,1H3,(H,26,29). The van der Waals surface area contributed by atoms with Gasteiger partial charge in [-0.2, -0.15) is 13.2 Å². The lowest BCUT2D eigenvalue weighted by molar-refractivity contribution is -0.396. The number of carbonyl (C=O) groups excluding carboxylic acids is 1. The van der Waals surface area contributed by atoms with Gasteiger partial charge in [0.25, 0.3) is 11.7 Å². The van der Waals surface area contributed by atoms with Crippen LogP contribution in [0.2, 0.25) is 0 Å². The fraction of sp³-hybridized carbons (Fsp3) is 0.190. The summed E-state index contributed by atoms with van der Waals surface area (Å²) in [4.78, 5) is 33.8. The molecule has 36 heavy (non-hydrogen) atoms. The number of ether oxygens (including phenoxy) is 2. The number of nitro benzene ring substituents is 2. The lowest BCUT2D eigenvalue weighted by atomic mass is 10.2. The van der Waals surface area contributed by atoms with Crippen LogP contribution in [-0.2, 0) is 17.5 Å². The molecule has 1 aromatic heterocycles. The summed E-state index contributed by atoms with van der Waals surface area (Å²) in [5, 5.41) is 25.8. The van der Waals surface area contributed by atoms with E-state index in [1.165, 1.54) is 13.2 Å². The summed E-state index contributed by atoms with van der Waals surface area (Å²) in [5.41, 5.74) is -2.83. The summed E-state index contributed by atoms with van der Waals surface area (Å²) in [5.74, 6) is -2.03. The molecular formula is C21H15BrF3N3O8. The number of rotatable bonds is 9. The molecule has 0 aliphatic carbocycles. The van der Waals surface area contributed by atoms with E-state index in [4.69, 9.17) is 13.9 Å². The highest BCUT2D eigenvalue weighted by molar-refractivity contribution is 9.10. The molecule has 1 amide bonds. The third-order valence-corrected chi connectivity index (χ3v) is 5.23. The molecule has 0 aliphatic heterocycles. The Bertz CT molecular complexity index is 1300. The van der Waals surface area contributed by atoms with Gasteiger partial charge in [-0.1, -0.05) is 0 Å². The third-order valence-electron chi connectivity index (χ3n) is 4.61. The van der Waals surface area contributed by atoms with Crippen molar-refractivity contribution >= 4 is 33.2 Å². The molecule has 0 bridgehead atoms. The van der Waals surface area contributed by atoms with Crippen molar-refractivity contribution in [2.24, 2.45) is 0 Å². The van der Waals surface area contributed by atoms with Crippen molar-refractivity contribution in [2.75, 3.05) is 0 Å². The van der Waals surface area contributed by atoms with Crippen LogP contribution >= 0.6 is 15.9 Å². The lowest BCUT2D eigenvalue weighted by Crippen LogP contribution is -2.36. The van der Waals surface area contributed by atoms with Crippen molar-refractivity contribution in [3.63, 3.8) is 0 Å². The smallest absolute Gasteiger partial charge is 0.416 e. The monoisotopic (exact) mass is 573 g/mol. The molecule has 0 aliphatic rings. The number of nitrogens with one attached hydrogen (secondary N) is 1. The van der Waals surface area contributed by atoms with Crippen LogP contribution in [0.25, 0.3) is 0 Å². The average molecular weight is 574 g/mol. The van der Waals surface area contributed by atoms with E-state index in [2.05, 4.69) is 21.2 Å². The molecule has 3 aromatic rings. The summed E-state index contributed by atoms with van der Waals surface area (Å²) < 4.78 is 54.4. The van der Waals surface area contributed by atoms with Gasteiger partial charge >= 0.3 is 17.6 Å². The number of nitrogens with zero attached hydrogens (tertiary/aromatic N) is 2. The van der Waals surface area contributed by atoms with Gasteiger partial charge in [0.05, 0.1) is 32.7 Å². The normalized spacial score (nSPS) is 12.0. The van der Waals surface area contributed by atoms with Gasteiger partial charge < -0.3 is 19.2 Å². The number of hydrogen-bond acceptors (Lipinski definition) is 8. The van der Waals surface area contributed by atoms with Gasteiger partial charge in [-0.25, -0.2) is 0 Å². The minimum atomic E-state index is -4.64. The number of amides is 1. The molecule has 2 aromatic carbocycles. The lowest BCUT2D eigenvalue weighted by Gasteiger charge is -2.16. The Morgan fingerprint density at radius 2 is 1.83 bits per heavy atom. The first-order chi connectivity index (χ1) is 16.9. The third kappa shape index (κ3) is 6.10. The maximum absolute atomic E-state index is 12.9. The second-order valence-electron chi connectivity index (χ2n) is 7.08. The molecule has 0 spiro atoms. The fourth-order valence-corrected chi connectivity index (χ4v) is 3.36. The van der Waals surface area contributed by atoms with Crippen molar-refractivity contribution < 1.29 is 41.7 Å². The van der Waals surface area contributed by atoms with E-state index in [-0.39, 0.29) is 16.8 Å². The van der Waals surface area contributed by atoms with Gasteiger partial charge in [-0.05, 0) is 59.3 Å². The van der Waals surface area contributed by atoms with Crippen LogP contribution in [0.15, 0.2) is 57.6 Å². The number of benzene rings is 2. The number of hydrogen-bond donors (Lipinski definition) is 1. The Kier molecular flexibility index (Phi) is 7.82. The minimum Gasteiger partial charge on any atom is -0.469 e. The summed E-state index contributed by atoms with van der Waals surface area (Å²) in [7, 11) is 0. The zero-order valence-corrected chi connectivity index (χ0v) is 19.7. The highest BCUT2D eigenvalue weighted by Gasteiger charge is 2.35. The number of nitro groups is 2. The number of carbonyl (C=O) groups is 1. The number of furan rings is 1. The SMILES string of the molecule is CC(Oc1c([N+](=O)[O-])ccc(Oc2ccc(C(F)(F)F)cc2Br)c1[N+](=O)[O-])C(=O)NCc1ccco1. The first kappa shape index (κ1) is 26.5. The van der Waals surface area contributed by atoms with E-state index in [0.29, 0.717) is 17.9 Å². The van der Waals surface area contributed by atoms with Gasteiger partial charge in [0.15, 0.2) is 6.10 Å². The van der Waals surface area contributed by atoms with Crippen LogP contribution in [0.1, 0.15) is 18.2 Å². The van der Waals surface area contributed by atoms with Crippen molar-refractivity contribution in [2.45, 2.75) is 25.7 Å². The van der Waals surface area contributed by atoms with Gasteiger partial charge in [0, 0.05) is 6.07 Å². The molecule has 0 fully saturated rings. The van der Waals surface area contributed by atoms with Gasteiger partial charge in [-0.15, -0.1) is 0 Å². The first-order valence-corrected chi connectivity index (χ1v) is 10.6. The maximum Gasteiger partial charge on any atom is 0.416 e. The molecule has 1 atom stereocenters. The van der Waals surface area contributed by atoms with E-state index in [9.17, 15) is 38.2 Å². The molecule has 11 nitrogen and oxygen atoms in total. The van der Waals surface area contributed by atoms with Crippen LogP contribution in [0.4, 0.5) is 24.5 Å². The Labute approximate surface area is 208 Å². The van der Waals surface area contributed by atoms with E-state index >= 15 is 0 Å². The topological polar surface area (TPSA) is 147 Å². The molecule has 0 saturated heterocycles. The quantitative estimate of drug-likeness (QED) is 0.251. The van der Waals surface area contributed by atoms with Crippen LogP contribution in [0.5, 0.6) is 17.2 Å². The maximum atomic E-state index is 12.9. The molecule has 15 heteroatoms. The molecule has 1 heterocycles. The molecule has 0 saturated carbocycles. The summed E-state index contributed by atoms with van der Waals surface area (Å²) >= 11 is 2.91. The largest absolute Gasteiger partial charge is 0.469 e. The first-order valence-electron chi connectivity index (χ1n) is 9.85. The van der Waals surface area contributed by atoms with Crippen molar-refractivity contribution in [3.05, 3.63) is 84.8 Å². The van der Waals surface area contributed by atoms with Gasteiger partial charge in [0.1, 0.15) is 11.5 Å². The van der Waals surface area contributed by atoms with Crippen LogP contribution in [0, 0.1) is 20.2 Å². The van der Waals surface area contributed by atoms with Crippen molar-refractivity contribution in [1.29, 1.82) is 0 Å². The van der Waals surface area contributed by atoms with Gasteiger partial charge in [0.2, 0.25) is 5.75 Å². The molecular weight excluding hydrogens is 559 g/mol. The molecule has 1 unspecified atom stereocenters. The van der Waals surface area contributed by atoms with E-state index in [0.717, 1.165) is 18.2 Å². The number of halogens is 4. The molecule has 1 N–H and O–H groups in total. The molecule has 0 radical (unpaired) electrons. The predicted molar refractivity (Wildman–Crippen MR) is 120 cm³/mol. The van der Waals surface area contributed by atoms with Crippen LogP contribution in [0.3, 0.4) is 0 Å². The highest BCUT2D eigenvalue weighted by atomic mass is 79.9. The second kappa shape index (κ2) is 10.6. The predicted octanol–water partition coefficient (Wildman–Crippen LogP) is 5.75. The van der Waals surface area contributed by atoms with E-state index in [1.54, 1.807) is 12.1 Å². The second-order valence-corrected chi connectivity index (χ2v) is 7.93. The summed E-state index contributed by atoms with van der Waals surface area (Å²) in [6.07, 6.45) is -4.69. The highest BCUT2D eigenvalue weighted by Crippen LogP contribution is 2.46. The number of alkyl halides is 3. The van der Waals surface area contributed by atoms with E-state index < -0.39 is 56.5 Å². The molecule has 190 valence electrons. The Morgan fingerprint density at radius 3 is 2.39 bits per heavy atom. The zero-order valence-electron chi connectivity index (χ0n) is 18.1. The minimum absolute atomic E-state index is 0.0329. The van der Waals surface area contributed by atoms with E-state index in [1.807, 2.05) is 0 Å². The average Bonchev–Trinajstić information content (AvgIpc) is 3.31. The Hall–Kier alpha value is -4.14. The van der Waals surface area contributed by atoms with Gasteiger partial charge in [-0.3, -0.25) is 25.0 Å². The summed E-state index contributed by atoms with van der Waals surface area (Å²) in [6.45, 7) is 1.18. The summed E-state index contributed by atoms with van der Waals surface area (Å²) in [6, 6.07) is 7.24. The Morgan fingerprint density at radius 1 is 1.14 bits per heavy atom. The van der Waals surface area contributed by atoms with Crippen molar-refractivity contribution in [3.8, 4) is 17.2 Å². The van der Waals surface area contributed by atoms with Crippen molar-refractivity contribution in [1.82, 2.24) is 5.32 Å². The fourth-order valence-electron chi connectivity index (χ4n) is 2.90. The zero-order chi connectivity index (χ0) is 26.6.